The molecule has 4 rings (SSSR count). The number of piperazine rings is 1. The number of rotatable bonds is 6. The zero-order chi connectivity index (χ0) is 22.1. The van der Waals surface area contributed by atoms with Crippen molar-refractivity contribution in [2.24, 2.45) is 7.05 Å². The monoisotopic (exact) mass is 424 g/mol. The van der Waals surface area contributed by atoms with E-state index in [9.17, 15) is 9.59 Å². The van der Waals surface area contributed by atoms with E-state index < -0.39 is 5.69 Å². The van der Waals surface area contributed by atoms with E-state index in [0.717, 1.165) is 51.5 Å². The van der Waals surface area contributed by atoms with E-state index in [2.05, 4.69) is 53.8 Å². The van der Waals surface area contributed by atoms with Gasteiger partial charge in [-0.25, -0.2) is 4.79 Å². The Morgan fingerprint density at radius 1 is 1.10 bits per heavy atom. The van der Waals surface area contributed by atoms with Gasteiger partial charge in [-0.3, -0.25) is 19.2 Å². The summed E-state index contributed by atoms with van der Waals surface area (Å²) in [6.45, 7) is 11.6. The maximum atomic E-state index is 12.6. The molecule has 0 unspecified atom stereocenters. The van der Waals surface area contributed by atoms with Crippen molar-refractivity contribution >= 4 is 17.1 Å². The van der Waals surface area contributed by atoms with Crippen molar-refractivity contribution in [3.8, 4) is 0 Å². The van der Waals surface area contributed by atoms with E-state index >= 15 is 0 Å². The van der Waals surface area contributed by atoms with Crippen molar-refractivity contribution in [3.05, 3.63) is 55.7 Å². The minimum atomic E-state index is -0.428. The summed E-state index contributed by atoms with van der Waals surface area (Å²) in [5.74, 6) is 0.793. The molecule has 1 aliphatic rings. The van der Waals surface area contributed by atoms with Crippen LogP contribution < -0.4 is 16.1 Å². The predicted octanol–water partition coefficient (Wildman–Crippen LogP) is 2.16. The molecule has 0 saturated carbocycles. The third kappa shape index (κ3) is 4.17. The number of fused-ring (bicyclic) bond motifs is 1. The molecule has 8 heteroatoms. The SMILES string of the molecule is CCCCn1c(N2CCN(Cc3cc(C)ccc3C)CC2)nc2c1c(=O)[nH]c(=O)n2C. The van der Waals surface area contributed by atoms with Crippen LogP contribution in [-0.2, 0) is 20.1 Å². The van der Waals surface area contributed by atoms with Gasteiger partial charge in [-0.15, -0.1) is 0 Å². The highest BCUT2D eigenvalue weighted by molar-refractivity contribution is 5.74. The third-order valence-electron chi connectivity index (χ3n) is 6.28. The van der Waals surface area contributed by atoms with E-state index in [1.54, 1.807) is 7.05 Å². The van der Waals surface area contributed by atoms with E-state index in [0.29, 0.717) is 17.7 Å². The van der Waals surface area contributed by atoms with E-state index in [1.165, 1.54) is 21.3 Å². The number of imidazole rings is 1. The van der Waals surface area contributed by atoms with Crippen molar-refractivity contribution in [3.63, 3.8) is 0 Å². The molecule has 1 N–H and O–H groups in total. The lowest BCUT2D eigenvalue weighted by Crippen LogP contribution is -2.47. The summed E-state index contributed by atoms with van der Waals surface area (Å²) < 4.78 is 3.43. The lowest BCUT2D eigenvalue weighted by Gasteiger charge is -2.35. The molecule has 1 saturated heterocycles. The van der Waals surface area contributed by atoms with E-state index in [1.807, 2.05) is 4.57 Å². The van der Waals surface area contributed by atoms with Crippen LogP contribution in [0.15, 0.2) is 27.8 Å². The summed E-state index contributed by atoms with van der Waals surface area (Å²) in [4.78, 5) is 36.6. The normalized spacial score (nSPS) is 15.2. The summed E-state index contributed by atoms with van der Waals surface area (Å²) in [6.07, 6.45) is 1.97. The van der Waals surface area contributed by atoms with Crippen LogP contribution in [0.1, 0.15) is 36.5 Å². The summed E-state index contributed by atoms with van der Waals surface area (Å²) in [7, 11) is 1.66. The first-order valence-corrected chi connectivity index (χ1v) is 11.1. The molecule has 3 heterocycles. The lowest BCUT2D eigenvalue weighted by molar-refractivity contribution is 0.247. The molecule has 0 atom stereocenters. The Bertz CT molecular complexity index is 1200. The fraction of sp³-hybridized carbons (Fsp3) is 0.522. The van der Waals surface area contributed by atoms with Gasteiger partial charge in [0.15, 0.2) is 11.2 Å². The largest absolute Gasteiger partial charge is 0.340 e. The Balaban J connectivity index is 1.59. The number of nitrogens with one attached hydrogen (secondary N) is 1. The Morgan fingerprint density at radius 3 is 2.55 bits per heavy atom. The van der Waals surface area contributed by atoms with E-state index in [-0.39, 0.29) is 5.56 Å². The molecule has 0 spiro atoms. The molecule has 0 radical (unpaired) electrons. The fourth-order valence-corrected chi connectivity index (χ4v) is 4.31. The number of aromatic nitrogens is 4. The highest BCUT2D eigenvalue weighted by Crippen LogP contribution is 2.22. The number of hydrogen-bond acceptors (Lipinski definition) is 5. The zero-order valence-corrected chi connectivity index (χ0v) is 18.9. The summed E-state index contributed by atoms with van der Waals surface area (Å²) >= 11 is 0. The van der Waals surface area contributed by atoms with Gasteiger partial charge in [0.05, 0.1) is 0 Å². The maximum Gasteiger partial charge on any atom is 0.329 e. The van der Waals surface area contributed by atoms with Gasteiger partial charge in [0.1, 0.15) is 0 Å². The van der Waals surface area contributed by atoms with Crippen LogP contribution in [0.5, 0.6) is 0 Å². The molecule has 31 heavy (non-hydrogen) atoms. The number of anilines is 1. The van der Waals surface area contributed by atoms with Crippen LogP contribution in [-0.4, -0.2) is 50.2 Å². The Morgan fingerprint density at radius 2 is 1.84 bits per heavy atom. The van der Waals surface area contributed by atoms with Crippen molar-refractivity contribution in [2.45, 2.75) is 46.7 Å². The summed E-state index contributed by atoms with van der Waals surface area (Å²) in [5, 5.41) is 0. The van der Waals surface area contributed by atoms with Gasteiger partial charge in [-0.2, -0.15) is 4.98 Å². The second-order valence-electron chi connectivity index (χ2n) is 8.60. The standard InChI is InChI=1S/C23H32N6O2/c1-5-6-9-29-19-20(26(4)23(31)25-21(19)30)24-22(29)28-12-10-27(11-13-28)15-18-14-16(2)7-8-17(18)3/h7-8,14H,5-6,9-13,15H2,1-4H3,(H,25,30,31). The summed E-state index contributed by atoms with van der Waals surface area (Å²) in [5.41, 5.74) is 4.16. The predicted molar refractivity (Wildman–Crippen MR) is 124 cm³/mol. The van der Waals surface area contributed by atoms with Crippen LogP contribution in [0.2, 0.25) is 0 Å². The number of H-pyrrole nitrogens is 1. The smallest absolute Gasteiger partial charge is 0.329 e. The number of nitrogens with zero attached hydrogens (tertiary/aromatic N) is 5. The molecule has 0 bridgehead atoms. The van der Waals surface area contributed by atoms with Gasteiger partial charge in [0, 0.05) is 46.3 Å². The van der Waals surface area contributed by atoms with Crippen molar-refractivity contribution in [1.29, 1.82) is 0 Å². The number of benzene rings is 1. The number of aryl methyl sites for hydroxylation is 4. The summed E-state index contributed by atoms with van der Waals surface area (Å²) in [6, 6.07) is 6.63. The molecule has 2 aromatic heterocycles. The van der Waals surface area contributed by atoms with Crippen LogP contribution in [0.25, 0.3) is 11.2 Å². The quantitative estimate of drug-likeness (QED) is 0.656. The zero-order valence-electron chi connectivity index (χ0n) is 18.9. The van der Waals surface area contributed by atoms with Crippen molar-refractivity contribution in [1.82, 2.24) is 24.0 Å². The van der Waals surface area contributed by atoms with Gasteiger partial charge in [-0.05, 0) is 31.4 Å². The maximum absolute atomic E-state index is 12.6. The second kappa shape index (κ2) is 8.70. The highest BCUT2D eigenvalue weighted by atomic mass is 16.2. The molecule has 0 aliphatic carbocycles. The Hall–Kier alpha value is -2.87. The third-order valence-corrected chi connectivity index (χ3v) is 6.28. The van der Waals surface area contributed by atoms with Gasteiger partial charge >= 0.3 is 5.69 Å². The molecular formula is C23H32N6O2. The number of unbranched alkanes of at least 4 members (excludes halogenated alkanes) is 1. The topological polar surface area (TPSA) is 79.2 Å². The highest BCUT2D eigenvalue weighted by Gasteiger charge is 2.25. The molecule has 1 fully saturated rings. The molecule has 1 aliphatic heterocycles. The van der Waals surface area contributed by atoms with Gasteiger partial charge in [0.25, 0.3) is 5.56 Å². The average Bonchev–Trinajstić information content (AvgIpc) is 3.14. The number of hydrogen-bond donors (Lipinski definition) is 1. The Labute approximate surface area is 182 Å². The van der Waals surface area contributed by atoms with Crippen LogP contribution in [0, 0.1) is 13.8 Å². The molecule has 0 amide bonds. The molecule has 8 nitrogen and oxygen atoms in total. The second-order valence-corrected chi connectivity index (χ2v) is 8.60. The first kappa shape index (κ1) is 21.4. The minimum absolute atomic E-state index is 0.360. The van der Waals surface area contributed by atoms with Crippen LogP contribution in [0.4, 0.5) is 5.95 Å². The molecule has 166 valence electrons. The van der Waals surface area contributed by atoms with Gasteiger partial charge in [-0.1, -0.05) is 37.1 Å². The number of aromatic amines is 1. The first-order valence-electron chi connectivity index (χ1n) is 11.1. The van der Waals surface area contributed by atoms with Crippen molar-refractivity contribution in [2.75, 3.05) is 31.1 Å². The van der Waals surface area contributed by atoms with Gasteiger partial charge in [0.2, 0.25) is 5.95 Å². The molecule has 3 aromatic rings. The first-order chi connectivity index (χ1) is 14.9. The van der Waals surface area contributed by atoms with E-state index in [4.69, 9.17) is 4.98 Å². The Kier molecular flexibility index (Phi) is 6.00. The fourth-order valence-electron chi connectivity index (χ4n) is 4.31. The van der Waals surface area contributed by atoms with Crippen LogP contribution >= 0.6 is 0 Å². The molecular weight excluding hydrogens is 392 g/mol. The molecule has 1 aromatic carbocycles. The van der Waals surface area contributed by atoms with Gasteiger partial charge < -0.3 is 9.47 Å². The minimum Gasteiger partial charge on any atom is -0.340 e. The average molecular weight is 425 g/mol. The lowest BCUT2D eigenvalue weighted by atomic mass is 10.0. The van der Waals surface area contributed by atoms with Crippen LogP contribution in [0.3, 0.4) is 0 Å². The van der Waals surface area contributed by atoms with Crippen molar-refractivity contribution < 1.29 is 0 Å².